The number of rotatable bonds is 11. The molecule has 0 heterocycles. The first-order valence-electron chi connectivity index (χ1n) is 13.8. The first kappa shape index (κ1) is 30.9. The summed E-state index contributed by atoms with van der Waals surface area (Å²) in [7, 11) is -4.15. The first-order chi connectivity index (χ1) is 19.6. The number of carbonyl (C=O) groups excluding carboxylic acids is 2. The molecular weight excluding hydrogens is 581 g/mol. The molecule has 1 fully saturated rings. The third kappa shape index (κ3) is 7.61. The van der Waals surface area contributed by atoms with Gasteiger partial charge in [0, 0.05) is 22.6 Å². The van der Waals surface area contributed by atoms with E-state index >= 15 is 0 Å². The van der Waals surface area contributed by atoms with Crippen LogP contribution < -0.4 is 9.62 Å². The van der Waals surface area contributed by atoms with Gasteiger partial charge in [0.05, 0.1) is 10.6 Å². The Kier molecular flexibility index (Phi) is 10.3. The zero-order chi connectivity index (χ0) is 29.6. The number of halogens is 2. The van der Waals surface area contributed by atoms with E-state index in [1.54, 1.807) is 54.6 Å². The van der Waals surface area contributed by atoms with Crippen LogP contribution in [0, 0.1) is 6.92 Å². The lowest BCUT2D eigenvalue weighted by Crippen LogP contribution is -2.53. The molecule has 0 spiro atoms. The number of carbonyl (C=O) groups is 2. The molecule has 1 saturated carbocycles. The Hall–Kier alpha value is -3.07. The lowest BCUT2D eigenvalue weighted by molar-refractivity contribution is -0.140. The molecule has 1 N–H and O–H groups in total. The van der Waals surface area contributed by atoms with Gasteiger partial charge in [-0.3, -0.25) is 13.9 Å². The molecule has 0 radical (unpaired) electrons. The highest BCUT2D eigenvalue weighted by molar-refractivity contribution is 7.92. The molecule has 1 unspecified atom stereocenters. The molecule has 0 aliphatic heterocycles. The maximum absolute atomic E-state index is 14.2. The van der Waals surface area contributed by atoms with Crippen molar-refractivity contribution in [2.75, 3.05) is 10.8 Å². The monoisotopic (exact) mass is 615 g/mol. The third-order valence-corrected chi connectivity index (χ3v) is 9.80. The Morgan fingerprint density at radius 1 is 0.951 bits per heavy atom. The highest BCUT2D eigenvalue weighted by Crippen LogP contribution is 2.27. The Morgan fingerprint density at radius 2 is 1.59 bits per heavy atom. The SMILES string of the molecule is CCC(C(=O)NC1CCCC1)N(Cc1ccccc1Cl)C(=O)CN(c1ccc(Cl)cc1)S(=O)(=O)c1ccc(C)cc1. The molecule has 1 atom stereocenters. The van der Waals surface area contributed by atoms with Crippen LogP contribution in [0.25, 0.3) is 0 Å². The van der Waals surface area contributed by atoms with Crippen molar-refractivity contribution in [3.05, 3.63) is 94.0 Å². The van der Waals surface area contributed by atoms with E-state index in [9.17, 15) is 18.0 Å². The molecule has 10 heteroatoms. The summed E-state index contributed by atoms with van der Waals surface area (Å²) in [5, 5.41) is 4.00. The predicted octanol–water partition coefficient (Wildman–Crippen LogP) is 6.36. The minimum absolute atomic E-state index is 0.0497. The Balaban J connectivity index is 1.72. The zero-order valence-corrected chi connectivity index (χ0v) is 25.6. The normalized spacial score (nSPS) is 14.4. The molecule has 41 heavy (non-hydrogen) atoms. The van der Waals surface area contributed by atoms with Gasteiger partial charge in [-0.2, -0.15) is 0 Å². The van der Waals surface area contributed by atoms with Crippen LogP contribution in [-0.2, 0) is 26.2 Å². The van der Waals surface area contributed by atoms with E-state index in [1.165, 1.54) is 17.0 Å². The van der Waals surface area contributed by atoms with E-state index in [4.69, 9.17) is 23.2 Å². The number of nitrogens with one attached hydrogen (secondary N) is 1. The molecule has 7 nitrogen and oxygen atoms in total. The van der Waals surface area contributed by atoms with Gasteiger partial charge in [-0.25, -0.2) is 8.42 Å². The molecule has 3 aromatic carbocycles. The second kappa shape index (κ2) is 13.7. The second-order valence-electron chi connectivity index (χ2n) is 10.3. The van der Waals surface area contributed by atoms with E-state index in [2.05, 4.69) is 5.32 Å². The fraction of sp³-hybridized carbons (Fsp3) is 0.355. The number of benzene rings is 3. The van der Waals surface area contributed by atoms with Crippen LogP contribution in [-0.4, -0.2) is 43.8 Å². The van der Waals surface area contributed by atoms with E-state index in [0.717, 1.165) is 35.6 Å². The maximum atomic E-state index is 14.2. The molecule has 0 bridgehead atoms. The smallest absolute Gasteiger partial charge is 0.264 e. The van der Waals surface area contributed by atoms with Crippen LogP contribution in [0.4, 0.5) is 5.69 Å². The van der Waals surface area contributed by atoms with Crippen molar-refractivity contribution in [1.29, 1.82) is 0 Å². The molecule has 1 aliphatic rings. The molecule has 2 amide bonds. The molecule has 4 rings (SSSR count). The summed E-state index contributed by atoms with van der Waals surface area (Å²) < 4.78 is 28.9. The van der Waals surface area contributed by atoms with Crippen molar-refractivity contribution in [1.82, 2.24) is 10.2 Å². The minimum atomic E-state index is -4.15. The number of anilines is 1. The molecule has 1 aliphatic carbocycles. The molecule has 218 valence electrons. The van der Waals surface area contributed by atoms with Gasteiger partial charge < -0.3 is 10.2 Å². The summed E-state index contributed by atoms with van der Waals surface area (Å²) in [6.07, 6.45) is 4.26. The highest BCUT2D eigenvalue weighted by Gasteiger charge is 2.34. The van der Waals surface area contributed by atoms with Gasteiger partial charge in [0.25, 0.3) is 10.0 Å². The van der Waals surface area contributed by atoms with E-state index in [-0.39, 0.29) is 29.1 Å². The Morgan fingerprint density at radius 3 is 2.20 bits per heavy atom. The van der Waals surface area contributed by atoms with Crippen molar-refractivity contribution in [2.24, 2.45) is 0 Å². The Labute approximate surface area is 252 Å². The van der Waals surface area contributed by atoms with Crippen molar-refractivity contribution in [2.45, 2.75) is 69.5 Å². The minimum Gasteiger partial charge on any atom is -0.352 e. The average molecular weight is 617 g/mol. The van der Waals surface area contributed by atoms with E-state index in [0.29, 0.717) is 22.0 Å². The fourth-order valence-corrected chi connectivity index (χ4v) is 6.81. The number of hydrogen-bond acceptors (Lipinski definition) is 4. The Bertz CT molecular complexity index is 1460. The van der Waals surface area contributed by atoms with Crippen molar-refractivity contribution >= 4 is 50.7 Å². The molecule has 0 aromatic heterocycles. The highest BCUT2D eigenvalue weighted by atomic mass is 35.5. The van der Waals surface area contributed by atoms with Crippen LogP contribution in [0.1, 0.15) is 50.2 Å². The van der Waals surface area contributed by atoms with Gasteiger partial charge in [0.1, 0.15) is 12.6 Å². The number of hydrogen-bond donors (Lipinski definition) is 1. The lowest BCUT2D eigenvalue weighted by atomic mass is 10.1. The summed E-state index contributed by atoms with van der Waals surface area (Å²) in [5.41, 5.74) is 1.85. The lowest BCUT2D eigenvalue weighted by Gasteiger charge is -2.34. The van der Waals surface area contributed by atoms with Crippen molar-refractivity contribution in [3.63, 3.8) is 0 Å². The van der Waals surface area contributed by atoms with E-state index < -0.39 is 28.5 Å². The van der Waals surface area contributed by atoms with Crippen LogP contribution in [0.2, 0.25) is 10.0 Å². The van der Waals surface area contributed by atoms with Crippen LogP contribution in [0.3, 0.4) is 0 Å². The maximum Gasteiger partial charge on any atom is 0.264 e. The average Bonchev–Trinajstić information content (AvgIpc) is 3.46. The van der Waals surface area contributed by atoms with Gasteiger partial charge in [0.15, 0.2) is 0 Å². The topological polar surface area (TPSA) is 86.8 Å². The third-order valence-electron chi connectivity index (χ3n) is 7.39. The van der Waals surface area contributed by atoms with E-state index in [1.807, 2.05) is 19.9 Å². The number of amides is 2. The summed E-state index contributed by atoms with van der Waals surface area (Å²) >= 11 is 12.6. The van der Waals surface area contributed by atoms with Gasteiger partial charge in [-0.1, -0.05) is 78.9 Å². The number of nitrogens with zero attached hydrogens (tertiary/aromatic N) is 2. The van der Waals surface area contributed by atoms with Crippen molar-refractivity contribution < 1.29 is 18.0 Å². The summed E-state index contributed by atoms with van der Waals surface area (Å²) in [6, 6.07) is 19.1. The fourth-order valence-electron chi connectivity index (χ4n) is 5.07. The largest absolute Gasteiger partial charge is 0.352 e. The van der Waals surface area contributed by atoms with Gasteiger partial charge in [-0.15, -0.1) is 0 Å². The van der Waals surface area contributed by atoms with Gasteiger partial charge in [0.2, 0.25) is 11.8 Å². The predicted molar refractivity (Wildman–Crippen MR) is 164 cm³/mol. The first-order valence-corrected chi connectivity index (χ1v) is 16.0. The molecule has 0 saturated heterocycles. The van der Waals surface area contributed by atoms with Crippen LogP contribution in [0.15, 0.2) is 77.7 Å². The van der Waals surface area contributed by atoms with Crippen LogP contribution in [0.5, 0.6) is 0 Å². The second-order valence-corrected chi connectivity index (χ2v) is 13.0. The summed E-state index contributed by atoms with van der Waals surface area (Å²) in [4.78, 5) is 29.2. The molecular formula is C31H35Cl2N3O4S. The van der Waals surface area contributed by atoms with Crippen LogP contribution >= 0.6 is 23.2 Å². The quantitative estimate of drug-likeness (QED) is 0.272. The number of sulfonamides is 1. The zero-order valence-electron chi connectivity index (χ0n) is 23.2. The van der Waals surface area contributed by atoms with Gasteiger partial charge in [-0.05, 0) is 74.2 Å². The number of aryl methyl sites for hydroxylation is 1. The van der Waals surface area contributed by atoms with Crippen molar-refractivity contribution in [3.8, 4) is 0 Å². The standard InChI is InChI=1S/C31H35Cl2N3O4S/c1-3-29(31(38)34-25-9-5-6-10-25)35(20-23-8-4-7-11-28(23)33)30(37)21-36(26-16-14-24(32)15-17-26)41(39,40)27-18-12-22(2)13-19-27/h4,7-8,11-19,25,29H,3,5-6,9-10,20-21H2,1-2H3,(H,34,38). The summed E-state index contributed by atoms with van der Waals surface area (Å²) in [6.45, 7) is 3.24. The summed E-state index contributed by atoms with van der Waals surface area (Å²) in [5.74, 6) is -0.775. The van der Waals surface area contributed by atoms with Gasteiger partial charge >= 0.3 is 0 Å². The molecule has 3 aromatic rings.